The molecule has 0 aromatic heterocycles. The number of anilines is 1. The lowest BCUT2D eigenvalue weighted by atomic mass is 10.0. The number of rotatable bonds is 1. The molecule has 0 saturated carbocycles. The van der Waals surface area contributed by atoms with E-state index in [0.29, 0.717) is 0 Å². The molecule has 0 bridgehead atoms. The Morgan fingerprint density at radius 2 is 1.32 bits per heavy atom. The fraction of sp³-hybridized carbons (Fsp3) is 0.429. The van der Waals surface area contributed by atoms with E-state index in [1.54, 1.807) is 0 Å². The van der Waals surface area contributed by atoms with Crippen LogP contribution in [-0.4, -0.2) is 14.1 Å². The van der Waals surface area contributed by atoms with E-state index in [-0.39, 0.29) is 0 Å². The van der Waals surface area contributed by atoms with Gasteiger partial charge in [-0.2, -0.15) is 0 Å². The van der Waals surface area contributed by atoms with Gasteiger partial charge in [-0.25, -0.2) is 0 Å². The third kappa shape index (κ3) is 4.37. The molecule has 0 atom stereocenters. The molecule has 2 aromatic carbocycles. The van der Waals surface area contributed by atoms with E-state index < -0.39 is 0 Å². The number of benzene rings is 2. The maximum atomic E-state index is 2.24. The number of nitrogens with zero attached hydrogens (tertiary/aromatic N) is 1. The smallest absolute Gasteiger partial charge is 0.0443 e. The van der Waals surface area contributed by atoms with Crippen molar-refractivity contribution in [1.82, 2.24) is 0 Å². The summed E-state index contributed by atoms with van der Waals surface area (Å²) in [7, 11) is 4.22. The minimum atomic E-state index is 1.08. The first kappa shape index (κ1) is 18.3. The Kier molecular flexibility index (Phi) is 7.73. The quantitative estimate of drug-likeness (QED) is 0.520. The molecule has 22 heavy (non-hydrogen) atoms. The highest BCUT2D eigenvalue weighted by Gasteiger charge is 2.20. The van der Waals surface area contributed by atoms with Crippen LogP contribution in [0.25, 0.3) is 11.1 Å². The third-order valence-corrected chi connectivity index (χ3v) is 3.28. The Labute approximate surface area is 137 Å². The third-order valence-electron chi connectivity index (χ3n) is 3.28. The van der Waals surface area contributed by atoms with Crippen molar-refractivity contribution < 1.29 is 0 Å². The van der Waals surface area contributed by atoms with E-state index in [2.05, 4.69) is 89.2 Å². The van der Waals surface area contributed by atoms with Gasteiger partial charge in [-0.3, -0.25) is 0 Å². The van der Waals surface area contributed by atoms with Crippen LogP contribution in [0.15, 0.2) is 42.5 Å². The van der Waals surface area contributed by atoms with E-state index in [1.165, 1.54) is 40.8 Å². The molecule has 1 aliphatic carbocycles. The normalized spacial score (nSPS) is 10.5. The lowest BCUT2D eigenvalue weighted by Crippen LogP contribution is -2.09. The predicted molar refractivity (Wildman–Crippen MR) is 101 cm³/mol. The largest absolute Gasteiger partial charge is 0.377 e. The first-order chi connectivity index (χ1) is 10.6. The van der Waals surface area contributed by atoms with Crippen molar-refractivity contribution in [1.29, 1.82) is 0 Å². The second kappa shape index (κ2) is 9.30. The highest BCUT2D eigenvalue weighted by molar-refractivity contribution is 5.87. The monoisotopic (exact) mass is 297 g/mol. The second-order valence-electron chi connectivity index (χ2n) is 5.95. The first-order valence-electron chi connectivity index (χ1n) is 8.47. The van der Waals surface area contributed by atoms with Gasteiger partial charge in [-0.15, -0.1) is 0 Å². The minimum Gasteiger partial charge on any atom is -0.377 e. The molecule has 0 heterocycles. The topological polar surface area (TPSA) is 3.24 Å². The van der Waals surface area contributed by atoms with Crippen molar-refractivity contribution >= 4 is 5.69 Å². The zero-order chi connectivity index (χ0) is 16.5. The molecule has 0 aliphatic heterocycles. The van der Waals surface area contributed by atoms with Gasteiger partial charge in [0.25, 0.3) is 0 Å². The number of hydrogen-bond donors (Lipinski definition) is 0. The van der Waals surface area contributed by atoms with Gasteiger partial charge in [-0.1, -0.05) is 76.9 Å². The molecule has 120 valence electrons. The summed E-state index contributed by atoms with van der Waals surface area (Å²) in [4.78, 5) is 2.20. The molecule has 3 rings (SSSR count). The fourth-order valence-corrected chi connectivity index (χ4v) is 2.54. The molecule has 1 nitrogen and oxygen atoms in total. The lowest BCUT2D eigenvalue weighted by Gasteiger charge is -2.17. The van der Waals surface area contributed by atoms with Crippen LogP contribution in [0.1, 0.15) is 51.7 Å². The van der Waals surface area contributed by atoms with Gasteiger partial charge < -0.3 is 4.90 Å². The van der Waals surface area contributed by atoms with Crippen LogP contribution in [0, 0.1) is 0 Å². The van der Waals surface area contributed by atoms with Crippen LogP contribution in [0.3, 0.4) is 0 Å². The van der Waals surface area contributed by atoms with Crippen LogP contribution < -0.4 is 4.90 Å². The lowest BCUT2D eigenvalue weighted by molar-refractivity contribution is 1.09. The SMILES string of the molecule is CCC.CCC.CN(C)c1cccc2c1-c1ccccc1C2. The van der Waals surface area contributed by atoms with Crippen molar-refractivity contribution in [3.8, 4) is 11.1 Å². The van der Waals surface area contributed by atoms with Gasteiger partial charge in [0, 0.05) is 25.3 Å². The summed E-state index contributed by atoms with van der Waals surface area (Å²) in [5.41, 5.74) is 7.05. The Balaban J connectivity index is 0.000000353. The summed E-state index contributed by atoms with van der Waals surface area (Å²) in [5, 5.41) is 0. The van der Waals surface area contributed by atoms with Gasteiger partial charge in [0.15, 0.2) is 0 Å². The molecule has 0 N–H and O–H groups in total. The van der Waals surface area contributed by atoms with Crippen molar-refractivity contribution in [3.05, 3.63) is 53.6 Å². The zero-order valence-electron chi connectivity index (χ0n) is 15.1. The van der Waals surface area contributed by atoms with E-state index in [4.69, 9.17) is 0 Å². The van der Waals surface area contributed by atoms with Crippen molar-refractivity contribution in [2.75, 3.05) is 19.0 Å². The Morgan fingerprint density at radius 1 is 0.773 bits per heavy atom. The highest BCUT2D eigenvalue weighted by atomic mass is 15.1. The molecule has 0 fully saturated rings. The average Bonchev–Trinajstić information content (AvgIpc) is 2.87. The molecule has 0 radical (unpaired) electrons. The van der Waals surface area contributed by atoms with Gasteiger partial charge in [0.2, 0.25) is 0 Å². The Morgan fingerprint density at radius 3 is 1.91 bits per heavy atom. The van der Waals surface area contributed by atoms with E-state index in [9.17, 15) is 0 Å². The Hall–Kier alpha value is -1.76. The van der Waals surface area contributed by atoms with Crippen LogP contribution in [-0.2, 0) is 6.42 Å². The summed E-state index contributed by atoms with van der Waals surface area (Å²) in [6, 6.07) is 15.3. The van der Waals surface area contributed by atoms with Crippen LogP contribution in [0.5, 0.6) is 0 Å². The fourth-order valence-electron chi connectivity index (χ4n) is 2.54. The van der Waals surface area contributed by atoms with Crippen molar-refractivity contribution in [2.45, 2.75) is 47.0 Å². The van der Waals surface area contributed by atoms with Crippen LogP contribution >= 0.6 is 0 Å². The highest BCUT2D eigenvalue weighted by Crippen LogP contribution is 2.41. The van der Waals surface area contributed by atoms with E-state index in [0.717, 1.165) is 6.42 Å². The molecule has 1 aliphatic rings. The number of hydrogen-bond acceptors (Lipinski definition) is 1. The zero-order valence-corrected chi connectivity index (χ0v) is 15.1. The average molecular weight is 297 g/mol. The number of fused-ring (bicyclic) bond motifs is 3. The maximum absolute atomic E-state index is 2.24. The molecule has 0 amide bonds. The minimum absolute atomic E-state index is 1.08. The maximum Gasteiger partial charge on any atom is 0.0443 e. The van der Waals surface area contributed by atoms with E-state index in [1.807, 2.05) is 0 Å². The predicted octanol–water partition coefficient (Wildman–Crippen LogP) is 6.16. The summed E-state index contributed by atoms with van der Waals surface area (Å²) in [6.07, 6.45) is 3.58. The van der Waals surface area contributed by atoms with Gasteiger partial charge >= 0.3 is 0 Å². The first-order valence-corrected chi connectivity index (χ1v) is 8.47. The molecular weight excluding hydrogens is 266 g/mol. The van der Waals surface area contributed by atoms with Crippen LogP contribution in [0.2, 0.25) is 0 Å². The second-order valence-corrected chi connectivity index (χ2v) is 5.95. The molecule has 2 aromatic rings. The van der Waals surface area contributed by atoms with Crippen molar-refractivity contribution in [3.63, 3.8) is 0 Å². The van der Waals surface area contributed by atoms with Crippen LogP contribution in [0.4, 0.5) is 5.69 Å². The molecule has 1 heteroatoms. The summed E-state index contributed by atoms with van der Waals surface area (Å²) < 4.78 is 0. The van der Waals surface area contributed by atoms with Gasteiger partial charge in [-0.05, 0) is 29.2 Å². The standard InChI is InChI=1S/C15H15N.2C3H8/c1-16(2)14-9-5-7-12-10-11-6-3-4-8-13(11)15(12)14;2*1-3-2/h3-9H,10H2,1-2H3;2*3H2,1-2H3. The molecule has 0 unspecified atom stereocenters. The molecule has 0 saturated heterocycles. The molecular formula is C21H31N. The summed E-state index contributed by atoms with van der Waals surface area (Å²) in [6.45, 7) is 8.50. The Bertz CT molecular complexity index is 568. The van der Waals surface area contributed by atoms with Gasteiger partial charge in [0.05, 0.1) is 0 Å². The molecule has 0 spiro atoms. The summed E-state index contributed by atoms with van der Waals surface area (Å²) >= 11 is 0. The van der Waals surface area contributed by atoms with Crippen molar-refractivity contribution in [2.24, 2.45) is 0 Å². The van der Waals surface area contributed by atoms with E-state index >= 15 is 0 Å². The van der Waals surface area contributed by atoms with Gasteiger partial charge in [0.1, 0.15) is 0 Å². The summed E-state index contributed by atoms with van der Waals surface area (Å²) in [5.74, 6) is 0.